The monoisotopic (exact) mass is 551 g/mol. The van der Waals surface area contributed by atoms with E-state index in [0.717, 1.165) is 12.0 Å². The van der Waals surface area contributed by atoms with E-state index in [1.54, 1.807) is 26.9 Å². The van der Waals surface area contributed by atoms with Crippen LogP contribution >= 0.6 is 0 Å². The number of rotatable bonds is 13. The van der Waals surface area contributed by atoms with E-state index in [1.807, 2.05) is 51.1 Å². The Morgan fingerprint density at radius 2 is 1.80 bits per heavy atom. The lowest BCUT2D eigenvalue weighted by Gasteiger charge is -2.42. The molecule has 0 aromatic heterocycles. The average Bonchev–Trinajstić information content (AvgIpc) is 3.56. The molecule has 3 aliphatic rings. The van der Waals surface area contributed by atoms with Gasteiger partial charge in [0.1, 0.15) is 11.6 Å². The molecule has 3 fully saturated rings. The number of aliphatic hydroxyl groups is 1. The van der Waals surface area contributed by atoms with Crippen LogP contribution < -0.4 is 0 Å². The molecule has 218 valence electrons. The van der Waals surface area contributed by atoms with Crippen molar-refractivity contribution >= 4 is 17.7 Å². The number of ether oxygens (including phenoxy) is 1. The van der Waals surface area contributed by atoms with E-state index < -0.39 is 35.1 Å². The number of carbonyl (C=O) groups excluding carboxylic acids is 3. The van der Waals surface area contributed by atoms with Gasteiger partial charge < -0.3 is 24.5 Å². The molecular formula is C32H45N3O5. The molecule has 1 N–H and O–H groups in total. The molecule has 3 saturated heterocycles. The van der Waals surface area contributed by atoms with Crippen LogP contribution in [-0.4, -0.2) is 87.1 Å². The van der Waals surface area contributed by atoms with Crippen molar-refractivity contribution in [2.24, 2.45) is 11.8 Å². The van der Waals surface area contributed by atoms with Crippen LogP contribution in [0.15, 0.2) is 55.6 Å². The molecule has 0 radical (unpaired) electrons. The molecule has 8 nitrogen and oxygen atoms in total. The fourth-order valence-electron chi connectivity index (χ4n) is 6.90. The highest BCUT2D eigenvalue weighted by molar-refractivity contribution is 5.99. The van der Waals surface area contributed by atoms with Crippen LogP contribution in [0.5, 0.6) is 0 Å². The van der Waals surface area contributed by atoms with Crippen LogP contribution in [0.3, 0.4) is 0 Å². The van der Waals surface area contributed by atoms with Gasteiger partial charge in [0, 0.05) is 38.3 Å². The SMILES string of the molecule is C=CCN(Cc1ccccc1)C(=O)[C@@H]1[C@H]2C(=O)N(CCCCCO)C(C(=O)N(CC=C)C(C)(C)C)C23CC[C@H]1O3. The number of fused-ring (bicyclic) bond motifs is 1. The number of aliphatic hydroxyl groups excluding tert-OH is 1. The van der Waals surface area contributed by atoms with E-state index in [-0.39, 0.29) is 24.3 Å². The van der Waals surface area contributed by atoms with E-state index in [4.69, 9.17) is 4.74 Å². The molecule has 1 spiro atoms. The molecule has 5 atom stereocenters. The number of carbonyl (C=O) groups is 3. The molecular weight excluding hydrogens is 506 g/mol. The lowest BCUT2D eigenvalue weighted by molar-refractivity contribution is -0.151. The highest BCUT2D eigenvalue weighted by Crippen LogP contribution is 2.59. The summed E-state index contributed by atoms with van der Waals surface area (Å²) in [5.41, 5.74) is -0.528. The normalized spacial score (nSPS) is 27.0. The van der Waals surface area contributed by atoms with E-state index in [9.17, 15) is 19.5 Å². The van der Waals surface area contributed by atoms with Crippen molar-refractivity contribution < 1.29 is 24.2 Å². The molecule has 1 aromatic rings. The van der Waals surface area contributed by atoms with Gasteiger partial charge in [0.2, 0.25) is 17.7 Å². The number of hydrogen-bond acceptors (Lipinski definition) is 5. The summed E-state index contributed by atoms with van der Waals surface area (Å²) in [5, 5.41) is 9.27. The Bertz CT molecular complexity index is 1100. The van der Waals surface area contributed by atoms with Gasteiger partial charge in [0.05, 0.1) is 17.9 Å². The summed E-state index contributed by atoms with van der Waals surface area (Å²) in [4.78, 5) is 48.0. The third kappa shape index (κ3) is 5.48. The number of unbranched alkanes of at least 4 members (excludes halogenated alkanes) is 2. The second-order valence-electron chi connectivity index (χ2n) is 12.3. The van der Waals surface area contributed by atoms with Gasteiger partial charge >= 0.3 is 0 Å². The predicted molar refractivity (Wildman–Crippen MR) is 154 cm³/mol. The van der Waals surface area contributed by atoms with Crippen LogP contribution in [0.1, 0.15) is 58.4 Å². The molecule has 2 unspecified atom stereocenters. The average molecular weight is 552 g/mol. The van der Waals surface area contributed by atoms with Crippen molar-refractivity contribution in [3.63, 3.8) is 0 Å². The summed E-state index contributed by atoms with van der Waals surface area (Å²) in [6, 6.07) is 8.98. The van der Waals surface area contributed by atoms with E-state index in [1.165, 1.54) is 0 Å². The van der Waals surface area contributed by atoms with Gasteiger partial charge in [-0.1, -0.05) is 42.5 Å². The topological polar surface area (TPSA) is 90.4 Å². The van der Waals surface area contributed by atoms with Gasteiger partial charge in [-0.3, -0.25) is 14.4 Å². The number of nitrogens with zero attached hydrogens (tertiary/aromatic N) is 3. The first-order valence-corrected chi connectivity index (χ1v) is 14.6. The van der Waals surface area contributed by atoms with Gasteiger partial charge in [-0.05, 0) is 58.4 Å². The van der Waals surface area contributed by atoms with Gasteiger partial charge in [-0.15, -0.1) is 13.2 Å². The first kappa shape index (κ1) is 30.0. The molecule has 3 amide bonds. The molecule has 3 heterocycles. The Labute approximate surface area is 238 Å². The number of benzene rings is 1. The maximum atomic E-state index is 14.4. The summed E-state index contributed by atoms with van der Waals surface area (Å²) < 4.78 is 6.65. The summed E-state index contributed by atoms with van der Waals surface area (Å²) >= 11 is 0. The Morgan fingerprint density at radius 3 is 2.42 bits per heavy atom. The maximum absolute atomic E-state index is 14.4. The zero-order chi connectivity index (χ0) is 29.1. The molecule has 2 bridgehead atoms. The number of amides is 3. The molecule has 40 heavy (non-hydrogen) atoms. The number of likely N-dealkylation sites (tertiary alicyclic amines) is 1. The van der Waals surface area contributed by atoms with Gasteiger partial charge in [0.15, 0.2) is 0 Å². The first-order chi connectivity index (χ1) is 19.1. The van der Waals surface area contributed by atoms with Gasteiger partial charge in [-0.25, -0.2) is 0 Å². The summed E-state index contributed by atoms with van der Waals surface area (Å²) in [6.45, 7) is 15.2. The van der Waals surface area contributed by atoms with Crippen LogP contribution in [0, 0.1) is 11.8 Å². The minimum atomic E-state index is -1.03. The Morgan fingerprint density at radius 1 is 1.10 bits per heavy atom. The van der Waals surface area contributed by atoms with Crippen LogP contribution in [0.4, 0.5) is 0 Å². The smallest absolute Gasteiger partial charge is 0.249 e. The highest BCUT2D eigenvalue weighted by atomic mass is 16.5. The van der Waals surface area contributed by atoms with Crippen molar-refractivity contribution in [2.75, 3.05) is 26.2 Å². The molecule has 0 aliphatic carbocycles. The second-order valence-corrected chi connectivity index (χ2v) is 12.3. The van der Waals surface area contributed by atoms with Gasteiger partial charge in [0.25, 0.3) is 0 Å². The van der Waals surface area contributed by atoms with Crippen LogP contribution in [0.25, 0.3) is 0 Å². The largest absolute Gasteiger partial charge is 0.396 e. The molecule has 8 heteroatoms. The quantitative estimate of drug-likeness (QED) is 0.299. The third-order valence-corrected chi connectivity index (χ3v) is 8.64. The van der Waals surface area contributed by atoms with Crippen molar-refractivity contribution in [1.82, 2.24) is 14.7 Å². The zero-order valence-electron chi connectivity index (χ0n) is 24.3. The summed E-state index contributed by atoms with van der Waals surface area (Å²) in [6.07, 6.45) is 6.24. The predicted octanol–water partition coefficient (Wildman–Crippen LogP) is 3.55. The van der Waals surface area contributed by atoms with E-state index in [2.05, 4.69) is 13.2 Å². The number of hydrogen-bond donors (Lipinski definition) is 1. The van der Waals surface area contributed by atoms with Crippen molar-refractivity contribution in [2.45, 2.75) is 82.7 Å². The third-order valence-electron chi connectivity index (χ3n) is 8.64. The fourth-order valence-corrected chi connectivity index (χ4v) is 6.90. The van der Waals surface area contributed by atoms with E-state index >= 15 is 0 Å². The van der Waals surface area contributed by atoms with Crippen molar-refractivity contribution in [1.29, 1.82) is 0 Å². The Hall–Kier alpha value is -2.97. The zero-order valence-corrected chi connectivity index (χ0v) is 24.3. The summed E-state index contributed by atoms with van der Waals surface area (Å²) in [7, 11) is 0. The fraction of sp³-hybridized carbons (Fsp3) is 0.594. The molecule has 4 rings (SSSR count). The molecule has 1 aromatic carbocycles. The Kier molecular flexibility index (Phi) is 9.20. The minimum absolute atomic E-state index is 0.0852. The standard InChI is InChI=1S/C32H45N3O5/c1-6-18-33(22-23-14-10-8-11-15-23)28(37)25-24-16-17-32(40-24)26(25)29(38)34(20-12-9-13-21-36)27(32)30(39)35(19-7-2)31(3,4)5/h6-8,10-11,14-15,24-27,36H,1-2,9,12-13,16-22H2,3-5H3/t24-,25+,26+,27?,32?/m1/s1. The molecule has 0 saturated carbocycles. The first-order valence-electron chi connectivity index (χ1n) is 14.6. The lowest BCUT2D eigenvalue weighted by atomic mass is 9.70. The maximum Gasteiger partial charge on any atom is 0.249 e. The summed E-state index contributed by atoms with van der Waals surface area (Å²) in [5.74, 6) is -1.81. The van der Waals surface area contributed by atoms with Crippen molar-refractivity contribution in [3.05, 3.63) is 61.2 Å². The highest BCUT2D eigenvalue weighted by Gasteiger charge is 2.75. The van der Waals surface area contributed by atoms with Crippen LogP contribution in [0.2, 0.25) is 0 Å². The van der Waals surface area contributed by atoms with Gasteiger partial charge in [-0.2, -0.15) is 0 Å². The Balaban J connectivity index is 1.70. The minimum Gasteiger partial charge on any atom is -0.396 e. The van der Waals surface area contributed by atoms with Crippen LogP contribution in [-0.2, 0) is 25.7 Å². The van der Waals surface area contributed by atoms with E-state index in [0.29, 0.717) is 51.9 Å². The lowest BCUT2D eigenvalue weighted by Crippen LogP contribution is -2.60. The van der Waals surface area contributed by atoms with Crippen molar-refractivity contribution in [3.8, 4) is 0 Å². The second kappa shape index (κ2) is 12.3. The molecule has 3 aliphatic heterocycles.